The van der Waals surface area contributed by atoms with Gasteiger partial charge in [-0.2, -0.15) is 0 Å². The molecular formula is C25H23N3O3. The van der Waals surface area contributed by atoms with Crippen molar-refractivity contribution in [3.8, 4) is 11.1 Å². The maximum Gasteiger partial charge on any atom is 0.417 e. The highest BCUT2D eigenvalue weighted by molar-refractivity contribution is 5.79. The average molecular weight is 413 g/mol. The van der Waals surface area contributed by atoms with Gasteiger partial charge in [0.05, 0.1) is 5.52 Å². The van der Waals surface area contributed by atoms with Crippen LogP contribution in [0.5, 0.6) is 0 Å². The number of aldehydes is 1. The van der Waals surface area contributed by atoms with Crippen LogP contribution in [0.2, 0.25) is 0 Å². The number of nitrogens with one attached hydrogen (secondary N) is 1. The first kappa shape index (κ1) is 19.5. The Labute approximate surface area is 179 Å². The molecule has 2 aromatic carbocycles. The van der Waals surface area contributed by atoms with Gasteiger partial charge in [0.2, 0.25) is 0 Å². The molecule has 1 aliphatic heterocycles. The number of hydrogen-bond donors (Lipinski definition) is 1. The second-order valence-corrected chi connectivity index (χ2v) is 8.14. The van der Waals surface area contributed by atoms with Gasteiger partial charge in [0.25, 0.3) is 0 Å². The first-order chi connectivity index (χ1) is 15.2. The Kier molecular flexibility index (Phi) is 5.22. The minimum Gasteiger partial charge on any atom is -0.408 e. The van der Waals surface area contributed by atoms with Crippen LogP contribution in [0.3, 0.4) is 0 Å². The van der Waals surface area contributed by atoms with Gasteiger partial charge in [0.15, 0.2) is 5.58 Å². The molecule has 1 atom stereocenters. The number of hydrogen-bond acceptors (Lipinski definition) is 5. The normalized spacial score (nSPS) is 17.1. The highest BCUT2D eigenvalue weighted by Gasteiger charge is 2.24. The van der Waals surface area contributed by atoms with Gasteiger partial charge in [-0.3, -0.25) is 19.7 Å². The number of rotatable bonds is 5. The number of nitrogens with zero attached hydrogens (tertiary/aromatic N) is 2. The molecule has 1 fully saturated rings. The van der Waals surface area contributed by atoms with Crippen LogP contribution < -0.4 is 5.76 Å². The molecule has 5 rings (SSSR count). The quantitative estimate of drug-likeness (QED) is 0.491. The third kappa shape index (κ3) is 4.07. The van der Waals surface area contributed by atoms with Crippen LogP contribution in [0.1, 0.15) is 40.2 Å². The van der Waals surface area contributed by atoms with Gasteiger partial charge in [-0.25, -0.2) is 4.79 Å². The number of likely N-dealkylation sites (tertiary alicyclic amines) is 1. The molecule has 0 saturated carbocycles. The Morgan fingerprint density at radius 2 is 2.03 bits per heavy atom. The van der Waals surface area contributed by atoms with E-state index in [0.717, 1.165) is 66.5 Å². The van der Waals surface area contributed by atoms with Gasteiger partial charge >= 0.3 is 5.76 Å². The lowest BCUT2D eigenvalue weighted by molar-refractivity contribution is 0.112. The zero-order valence-corrected chi connectivity index (χ0v) is 17.1. The Morgan fingerprint density at radius 1 is 1.13 bits per heavy atom. The molecule has 156 valence electrons. The average Bonchev–Trinajstić information content (AvgIpc) is 3.19. The Hall–Kier alpha value is -3.51. The fraction of sp³-hybridized carbons (Fsp3) is 0.240. The Morgan fingerprint density at radius 3 is 2.94 bits per heavy atom. The zero-order chi connectivity index (χ0) is 21.2. The number of carbonyl (C=O) groups is 1. The predicted octanol–water partition coefficient (Wildman–Crippen LogP) is 4.38. The van der Waals surface area contributed by atoms with Crippen LogP contribution >= 0.6 is 0 Å². The molecule has 0 spiro atoms. The highest BCUT2D eigenvalue weighted by atomic mass is 16.4. The van der Waals surface area contributed by atoms with Gasteiger partial charge in [-0.15, -0.1) is 0 Å². The van der Waals surface area contributed by atoms with Crippen molar-refractivity contribution in [1.82, 2.24) is 14.9 Å². The maximum absolute atomic E-state index is 11.7. The van der Waals surface area contributed by atoms with Gasteiger partial charge < -0.3 is 4.42 Å². The summed E-state index contributed by atoms with van der Waals surface area (Å²) in [6, 6.07) is 15.6. The molecule has 0 aliphatic carbocycles. The van der Waals surface area contributed by atoms with E-state index in [1.807, 2.05) is 42.7 Å². The molecule has 0 radical (unpaired) electrons. The summed E-state index contributed by atoms with van der Waals surface area (Å²) in [6.07, 6.45) is 6.76. The highest BCUT2D eigenvalue weighted by Crippen LogP contribution is 2.32. The Balaban J connectivity index is 1.36. The van der Waals surface area contributed by atoms with Crippen molar-refractivity contribution < 1.29 is 9.21 Å². The van der Waals surface area contributed by atoms with Crippen molar-refractivity contribution in [3.63, 3.8) is 0 Å². The second kappa shape index (κ2) is 8.32. The van der Waals surface area contributed by atoms with Crippen LogP contribution in [0, 0.1) is 0 Å². The summed E-state index contributed by atoms with van der Waals surface area (Å²) in [4.78, 5) is 32.4. The molecule has 0 amide bonds. The minimum atomic E-state index is -0.406. The SMILES string of the molecule is O=Cc1cccc(-c2cncc(CN3CCCC(c4cccc5[nH]c(=O)oc45)C3)c2)c1. The lowest BCUT2D eigenvalue weighted by Gasteiger charge is -2.33. The molecule has 6 nitrogen and oxygen atoms in total. The van der Waals surface area contributed by atoms with Crippen LogP contribution in [0.25, 0.3) is 22.2 Å². The van der Waals surface area contributed by atoms with Crippen LogP contribution in [0.4, 0.5) is 0 Å². The summed E-state index contributed by atoms with van der Waals surface area (Å²) in [6.45, 7) is 2.73. The van der Waals surface area contributed by atoms with Gasteiger partial charge in [0, 0.05) is 48.1 Å². The molecule has 4 aromatic rings. The largest absolute Gasteiger partial charge is 0.417 e. The number of para-hydroxylation sites is 1. The number of H-pyrrole nitrogens is 1. The van der Waals surface area contributed by atoms with E-state index in [-0.39, 0.29) is 0 Å². The first-order valence-corrected chi connectivity index (χ1v) is 10.5. The van der Waals surface area contributed by atoms with E-state index >= 15 is 0 Å². The second-order valence-electron chi connectivity index (χ2n) is 8.14. The summed E-state index contributed by atoms with van der Waals surface area (Å²) in [5.41, 5.74) is 6.33. The standard InChI is InChI=1S/C25H23N3O3/c29-16-17-4-1-5-19(10-17)21-11-18(12-26-13-21)14-28-9-3-6-20(15-28)22-7-2-8-23-24(22)31-25(30)27-23/h1-2,4-5,7-8,10-13,16,20H,3,6,9,14-15H2,(H,27,30). The van der Waals surface area contributed by atoms with Crippen LogP contribution in [-0.2, 0) is 6.54 Å². The minimum absolute atomic E-state index is 0.316. The first-order valence-electron chi connectivity index (χ1n) is 10.5. The lowest BCUT2D eigenvalue weighted by atomic mass is 9.90. The van der Waals surface area contributed by atoms with Crippen molar-refractivity contribution in [1.29, 1.82) is 0 Å². The van der Waals surface area contributed by atoms with Crippen molar-refractivity contribution in [2.24, 2.45) is 0 Å². The van der Waals surface area contributed by atoms with E-state index < -0.39 is 5.76 Å². The van der Waals surface area contributed by atoms with Gasteiger partial charge in [-0.1, -0.05) is 30.3 Å². The fourth-order valence-electron chi connectivity index (χ4n) is 4.55. The summed E-state index contributed by atoms with van der Waals surface area (Å²) < 4.78 is 5.42. The van der Waals surface area contributed by atoms with E-state index in [4.69, 9.17) is 4.42 Å². The number of piperidine rings is 1. The van der Waals surface area contributed by atoms with E-state index in [2.05, 4.69) is 27.0 Å². The number of benzene rings is 2. The van der Waals surface area contributed by atoms with E-state index in [0.29, 0.717) is 17.1 Å². The number of fused-ring (bicyclic) bond motifs is 1. The summed E-state index contributed by atoms with van der Waals surface area (Å²) in [5, 5.41) is 0. The van der Waals surface area contributed by atoms with Crippen LogP contribution in [0.15, 0.2) is 70.1 Å². The van der Waals surface area contributed by atoms with Crippen molar-refractivity contribution >= 4 is 17.4 Å². The fourth-order valence-corrected chi connectivity index (χ4v) is 4.55. The topological polar surface area (TPSA) is 79.2 Å². The predicted molar refractivity (Wildman–Crippen MR) is 119 cm³/mol. The number of pyridine rings is 1. The van der Waals surface area contributed by atoms with E-state index in [1.165, 1.54) is 0 Å². The summed E-state index contributed by atoms with van der Waals surface area (Å²) in [5.74, 6) is -0.0894. The molecule has 6 heteroatoms. The summed E-state index contributed by atoms with van der Waals surface area (Å²) >= 11 is 0. The third-order valence-electron chi connectivity index (χ3n) is 5.98. The molecule has 31 heavy (non-hydrogen) atoms. The van der Waals surface area contributed by atoms with E-state index in [9.17, 15) is 9.59 Å². The molecule has 3 heterocycles. The van der Waals surface area contributed by atoms with Crippen LogP contribution in [-0.4, -0.2) is 34.2 Å². The van der Waals surface area contributed by atoms with Gasteiger partial charge in [-0.05, 0) is 48.7 Å². The molecule has 1 saturated heterocycles. The van der Waals surface area contributed by atoms with Crippen molar-refractivity contribution in [2.45, 2.75) is 25.3 Å². The molecule has 0 bridgehead atoms. The van der Waals surface area contributed by atoms with Gasteiger partial charge in [0.1, 0.15) is 6.29 Å². The zero-order valence-electron chi connectivity index (χ0n) is 17.1. The monoisotopic (exact) mass is 413 g/mol. The third-order valence-corrected chi connectivity index (χ3v) is 5.98. The lowest BCUT2D eigenvalue weighted by Crippen LogP contribution is -2.34. The Bertz CT molecular complexity index is 1290. The smallest absolute Gasteiger partial charge is 0.408 e. The summed E-state index contributed by atoms with van der Waals surface area (Å²) in [7, 11) is 0. The maximum atomic E-state index is 11.7. The number of oxazole rings is 1. The van der Waals surface area contributed by atoms with Crippen molar-refractivity contribution in [3.05, 3.63) is 88.2 Å². The van der Waals surface area contributed by atoms with Crippen molar-refractivity contribution in [2.75, 3.05) is 13.1 Å². The molecule has 1 N–H and O–H groups in total. The molecule has 2 aromatic heterocycles. The number of carbonyl (C=O) groups excluding carboxylic acids is 1. The number of aromatic amines is 1. The van der Waals surface area contributed by atoms with E-state index in [1.54, 1.807) is 6.07 Å². The molecule has 1 unspecified atom stereocenters. The number of aromatic nitrogens is 2. The molecule has 1 aliphatic rings. The molecular weight excluding hydrogens is 390 g/mol.